The van der Waals surface area contributed by atoms with Crippen molar-refractivity contribution < 1.29 is 9.59 Å². The number of amides is 2. The van der Waals surface area contributed by atoms with E-state index in [1.54, 1.807) is 28.0 Å². The normalized spacial score (nSPS) is 12.6. The Morgan fingerprint density at radius 3 is 2.55 bits per heavy atom. The van der Waals surface area contributed by atoms with Crippen LogP contribution < -0.4 is 9.80 Å². The van der Waals surface area contributed by atoms with E-state index in [1.807, 2.05) is 62.4 Å². The van der Waals surface area contributed by atoms with Crippen LogP contribution in [0.15, 0.2) is 66.7 Å². The number of rotatable bonds is 4. The van der Waals surface area contributed by atoms with Crippen LogP contribution in [0, 0.1) is 6.92 Å². The van der Waals surface area contributed by atoms with Crippen molar-refractivity contribution >= 4 is 23.2 Å². The zero-order chi connectivity index (χ0) is 20.4. The Bertz CT molecular complexity index is 1080. The van der Waals surface area contributed by atoms with Crippen LogP contribution in [0.25, 0.3) is 0 Å². The number of nitrogens with zero attached hydrogens (tertiary/aromatic N) is 3. The smallest absolute Gasteiger partial charge is 0.276 e. The van der Waals surface area contributed by atoms with Gasteiger partial charge in [-0.1, -0.05) is 36.4 Å². The van der Waals surface area contributed by atoms with Crippen molar-refractivity contribution in [3.63, 3.8) is 0 Å². The molecule has 5 heteroatoms. The lowest BCUT2D eigenvalue weighted by atomic mass is 10.2. The molecule has 2 aromatic carbocycles. The van der Waals surface area contributed by atoms with E-state index in [2.05, 4.69) is 4.98 Å². The third-order valence-electron chi connectivity index (χ3n) is 5.19. The number of hydrogen-bond donors (Lipinski definition) is 0. The number of hydrogen-bond acceptors (Lipinski definition) is 3. The van der Waals surface area contributed by atoms with E-state index in [-0.39, 0.29) is 23.2 Å². The van der Waals surface area contributed by atoms with Crippen molar-refractivity contribution in [3.8, 4) is 0 Å². The Morgan fingerprint density at radius 1 is 1.00 bits per heavy atom. The molecular formula is C24H23N3O2. The topological polar surface area (TPSA) is 53.5 Å². The standard InChI is InChI=1S/C24H23N3O2/c1-3-26(19-10-6-8-17(2)16-19)23(28)20-11-7-12-21(25-20)24(29)27-15-14-18-9-4-5-13-22(18)27/h4-13,16H,3,14-15H2,1-2H3. The third kappa shape index (κ3) is 3.63. The van der Waals surface area contributed by atoms with Crippen LogP contribution in [0.1, 0.15) is 39.0 Å². The molecule has 0 fully saturated rings. The molecule has 0 atom stereocenters. The first-order valence-electron chi connectivity index (χ1n) is 9.84. The van der Waals surface area contributed by atoms with Gasteiger partial charge >= 0.3 is 0 Å². The summed E-state index contributed by atoms with van der Waals surface area (Å²) in [6, 6.07) is 20.8. The van der Waals surface area contributed by atoms with Crippen molar-refractivity contribution in [1.82, 2.24) is 4.98 Å². The van der Waals surface area contributed by atoms with Crippen molar-refractivity contribution in [2.24, 2.45) is 0 Å². The van der Waals surface area contributed by atoms with Gasteiger partial charge in [0.05, 0.1) is 0 Å². The van der Waals surface area contributed by atoms with E-state index in [4.69, 9.17) is 0 Å². The Kier molecular flexibility index (Phi) is 5.12. The number of aromatic nitrogens is 1. The molecule has 2 heterocycles. The zero-order valence-corrected chi connectivity index (χ0v) is 16.6. The average Bonchev–Trinajstić information content (AvgIpc) is 3.18. The lowest BCUT2D eigenvalue weighted by Crippen LogP contribution is -2.33. The molecule has 4 rings (SSSR count). The molecular weight excluding hydrogens is 362 g/mol. The van der Waals surface area contributed by atoms with Crippen molar-refractivity contribution in [2.75, 3.05) is 22.9 Å². The first-order valence-corrected chi connectivity index (χ1v) is 9.84. The van der Waals surface area contributed by atoms with E-state index < -0.39 is 0 Å². The number of fused-ring (bicyclic) bond motifs is 1. The molecule has 0 N–H and O–H groups in total. The van der Waals surface area contributed by atoms with Gasteiger partial charge in [-0.15, -0.1) is 0 Å². The highest BCUT2D eigenvalue weighted by molar-refractivity contribution is 6.08. The fourth-order valence-electron chi connectivity index (χ4n) is 3.74. The van der Waals surface area contributed by atoms with Crippen LogP contribution >= 0.6 is 0 Å². The van der Waals surface area contributed by atoms with E-state index in [0.717, 1.165) is 28.9 Å². The maximum Gasteiger partial charge on any atom is 0.276 e. The molecule has 2 amide bonds. The van der Waals surface area contributed by atoms with Crippen LogP contribution in [-0.4, -0.2) is 29.9 Å². The lowest BCUT2D eigenvalue weighted by molar-refractivity contribution is 0.0980. The second kappa shape index (κ2) is 7.87. The summed E-state index contributed by atoms with van der Waals surface area (Å²) in [4.78, 5) is 34.0. The van der Waals surface area contributed by atoms with Gasteiger partial charge in [-0.25, -0.2) is 4.98 Å². The molecule has 1 aliphatic rings. The number of carbonyl (C=O) groups excluding carboxylic acids is 2. The van der Waals surface area contributed by atoms with E-state index in [0.29, 0.717) is 13.1 Å². The molecule has 29 heavy (non-hydrogen) atoms. The molecule has 0 bridgehead atoms. The quantitative estimate of drug-likeness (QED) is 0.674. The summed E-state index contributed by atoms with van der Waals surface area (Å²) in [5.41, 5.74) is 4.54. The minimum Gasteiger partial charge on any atom is -0.307 e. The summed E-state index contributed by atoms with van der Waals surface area (Å²) in [5.74, 6) is -0.391. The molecule has 0 aliphatic carbocycles. The molecule has 0 unspecified atom stereocenters. The van der Waals surface area contributed by atoms with E-state index >= 15 is 0 Å². The Morgan fingerprint density at radius 2 is 1.76 bits per heavy atom. The highest BCUT2D eigenvalue weighted by Crippen LogP contribution is 2.28. The number of aryl methyl sites for hydroxylation is 1. The highest BCUT2D eigenvalue weighted by atomic mass is 16.2. The fraction of sp³-hybridized carbons (Fsp3) is 0.208. The molecule has 5 nitrogen and oxygen atoms in total. The highest BCUT2D eigenvalue weighted by Gasteiger charge is 2.27. The minimum atomic E-state index is -0.213. The van der Waals surface area contributed by atoms with Crippen molar-refractivity contribution in [3.05, 3.63) is 89.2 Å². The van der Waals surface area contributed by atoms with E-state index in [9.17, 15) is 9.59 Å². The summed E-state index contributed by atoms with van der Waals surface area (Å²) in [7, 11) is 0. The molecule has 0 radical (unpaired) electrons. The van der Waals surface area contributed by atoms with Crippen LogP contribution in [0.5, 0.6) is 0 Å². The molecule has 3 aromatic rings. The zero-order valence-electron chi connectivity index (χ0n) is 16.6. The van der Waals surface area contributed by atoms with Crippen LogP contribution in [0.4, 0.5) is 11.4 Å². The predicted octanol–water partition coefficient (Wildman–Crippen LogP) is 4.26. The van der Waals surface area contributed by atoms with Gasteiger partial charge in [0, 0.05) is 24.5 Å². The minimum absolute atomic E-state index is 0.178. The van der Waals surface area contributed by atoms with Gasteiger partial charge < -0.3 is 9.80 Å². The van der Waals surface area contributed by atoms with E-state index in [1.165, 1.54) is 0 Å². The number of pyridine rings is 1. The lowest BCUT2D eigenvalue weighted by Gasteiger charge is -2.22. The summed E-state index contributed by atoms with van der Waals surface area (Å²) < 4.78 is 0. The van der Waals surface area contributed by atoms with Crippen LogP contribution in [0.2, 0.25) is 0 Å². The first kappa shape index (κ1) is 18.9. The number of carbonyl (C=O) groups is 2. The largest absolute Gasteiger partial charge is 0.307 e. The summed E-state index contributed by atoms with van der Waals surface area (Å²) in [6.07, 6.45) is 0.831. The summed E-state index contributed by atoms with van der Waals surface area (Å²) in [6.45, 7) is 5.06. The Balaban J connectivity index is 1.62. The predicted molar refractivity (Wildman–Crippen MR) is 115 cm³/mol. The Labute approximate surface area is 170 Å². The molecule has 0 saturated carbocycles. The number of benzene rings is 2. The molecule has 146 valence electrons. The second-order valence-corrected chi connectivity index (χ2v) is 7.13. The fourth-order valence-corrected chi connectivity index (χ4v) is 3.74. The van der Waals surface area contributed by atoms with Crippen molar-refractivity contribution in [1.29, 1.82) is 0 Å². The summed E-state index contributed by atoms with van der Waals surface area (Å²) in [5, 5.41) is 0. The van der Waals surface area contributed by atoms with Crippen LogP contribution in [-0.2, 0) is 6.42 Å². The van der Waals surface area contributed by atoms with Gasteiger partial charge in [-0.2, -0.15) is 0 Å². The SMILES string of the molecule is CCN(C(=O)c1cccc(C(=O)N2CCc3ccccc32)n1)c1cccc(C)c1. The van der Waals surface area contributed by atoms with Crippen LogP contribution in [0.3, 0.4) is 0 Å². The Hall–Kier alpha value is -3.47. The van der Waals surface area contributed by atoms with Gasteiger partial charge in [0.15, 0.2) is 0 Å². The molecule has 1 aromatic heterocycles. The first-order chi connectivity index (χ1) is 14.1. The number of anilines is 2. The van der Waals surface area contributed by atoms with Gasteiger partial charge in [-0.05, 0) is 61.7 Å². The molecule has 1 aliphatic heterocycles. The van der Waals surface area contributed by atoms with Crippen molar-refractivity contribution in [2.45, 2.75) is 20.3 Å². The monoisotopic (exact) mass is 385 g/mol. The van der Waals surface area contributed by atoms with Gasteiger partial charge in [0.1, 0.15) is 11.4 Å². The molecule has 0 spiro atoms. The summed E-state index contributed by atoms with van der Waals surface area (Å²) >= 11 is 0. The van der Waals surface area contributed by atoms with Gasteiger partial charge in [0.25, 0.3) is 11.8 Å². The second-order valence-electron chi connectivity index (χ2n) is 7.13. The number of para-hydroxylation sites is 1. The maximum atomic E-state index is 13.1. The third-order valence-corrected chi connectivity index (χ3v) is 5.19. The average molecular weight is 385 g/mol. The maximum absolute atomic E-state index is 13.1. The van der Waals surface area contributed by atoms with Gasteiger partial charge in [0.2, 0.25) is 0 Å². The molecule has 0 saturated heterocycles. The van der Waals surface area contributed by atoms with Gasteiger partial charge in [-0.3, -0.25) is 9.59 Å².